The van der Waals surface area contributed by atoms with Crippen molar-refractivity contribution in [1.82, 2.24) is 4.57 Å². The van der Waals surface area contributed by atoms with Gasteiger partial charge >= 0.3 is 6.09 Å². The van der Waals surface area contributed by atoms with Gasteiger partial charge in [0.05, 0.1) is 5.52 Å². The second-order valence-electron chi connectivity index (χ2n) is 7.25. The van der Waals surface area contributed by atoms with Crippen molar-refractivity contribution < 1.29 is 19.0 Å². The molecule has 5 nitrogen and oxygen atoms in total. The van der Waals surface area contributed by atoms with E-state index in [0.717, 1.165) is 35.7 Å². The van der Waals surface area contributed by atoms with Crippen molar-refractivity contribution in [2.24, 2.45) is 0 Å². The van der Waals surface area contributed by atoms with E-state index < -0.39 is 5.60 Å². The molecule has 0 spiro atoms. The average molecular weight is 361 g/mol. The zero-order chi connectivity index (χ0) is 19.2. The number of nitrogens with zero attached hydrogens (tertiary/aromatic N) is 1. The lowest BCUT2D eigenvalue weighted by Crippen LogP contribution is -2.26. The maximum atomic E-state index is 12.5. The predicted octanol–water partition coefficient (Wildman–Crippen LogP) is 5.15. The molecule has 0 aliphatic heterocycles. The molecule has 0 saturated carbocycles. The number of aryl methyl sites for hydroxylation is 1. The van der Waals surface area contributed by atoms with Crippen LogP contribution in [0.25, 0.3) is 10.9 Å². The lowest BCUT2D eigenvalue weighted by atomic mass is 10.1. The predicted molar refractivity (Wildman–Crippen MR) is 104 cm³/mol. The van der Waals surface area contributed by atoms with Gasteiger partial charge in [-0.3, -0.25) is 4.57 Å². The third-order valence-electron chi connectivity index (χ3n) is 3.98. The van der Waals surface area contributed by atoms with Crippen LogP contribution in [0.1, 0.15) is 53.0 Å². The van der Waals surface area contributed by atoms with Gasteiger partial charge in [0.25, 0.3) is 0 Å². The minimum atomic E-state index is -0.523. The standard InChI is InChI=1S/C21H31NO4/c1-6-24-19(25-7-2)14-10-11-16-15-22(20(23)26-21(3,4)5)18-13-9-8-12-17(16)18/h8-9,12-13,15,19H,6-7,10-11,14H2,1-5H3. The molecule has 0 unspecified atom stereocenters. The number of aromatic nitrogens is 1. The number of para-hydroxylation sites is 1. The monoisotopic (exact) mass is 361 g/mol. The van der Waals surface area contributed by atoms with Crippen LogP contribution in [0.3, 0.4) is 0 Å². The zero-order valence-electron chi connectivity index (χ0n) is 16.6. The Hall–Kier alpha value is -1.85. The first-order valence-corrected chi connectivity index (χ1v) is 9.41. The third kappa shape index (κ3) is 5.58. The number of benzene rings is 1. The van der Waals surface area contributed by atoms with Crippen molar-refractivity contribution >= 4 is 17.0 Å². The van der Waals surface area contributed by atoms with Crippen LogP contribution < -0.4 is 0 Å². The highest BCUT2D eigenvalue weighted by molar-refractivity contribution is 5.92. The Morgan fingerprint density at radius 2 is 1.77 bits per heavy atom. The van der Waals surface area contributed by atoms with Crippen LogP contribution in [0.15, 0.2) is 30.5 Å². The molecule has 2 aromatic rings. The van der Waals surface area contributed by atoms with Crippen LogP contribution in [-0.2, 0) is 20.6 Å². The second kappa shape index (κ2) is 9.19. The molecular formula is C21H31NO4. The van der Waals surface area contributed by atoms with E-state index in [-0.39, 0.29) is 12.4 Å². The van der Waals surface area contributed by atoms with Crippen LogP contribution >= 0.6 is 0 Å². The molecular weight excluding hydrogens is 330 g/mol. The molecule has 1 heterocycles. The van der Waals surface area contributed by atoms with Gasteiger partial charge in [0.15, 0.2) is 6.29 Å². The van der Waals surface area contributed by atoms with Crippen molar-refractivity contribution in [2.75, 3.05) is 13.2 Å². The van der Waals surface area contributed by atoms with E-state index in [1.54, 1.807) is 4.57 Å². The fourth-order valence-electron chi connectivity index (χ4n) is 2.96. The number of ether oxygens (including phenoxy) is 3. The fourth-order valence-corrected chi connectivity index (χ4v) is 2.96. The van der Waals surface area contributed by atoms with Crippen LogP contribution in [0.4, 0.5) is 4.79 Å². The Balaban J connectivity index is 2.14. The zero-order valence-corrected chi connectivity index (χ0v) is 16.6. The molecule has 0 radical (unpaired) electrons. The number of fused-ring (bicyclic) bond motifs is 1. The minimum Gasteiger partial charge on any atom is -0.443 e. The Morgan fingerprint density at radius 1 is 1.12 bits per heavy atom. The molecule has 5 heteroatoms. The van der Waals surface area contributed by atoms with Gasteiger partial charge in [-0.1, -0.05) is 18.2 Å². The summed E-state index contributed by atoms with van der Waals surface area (Å²) in [5.74, 6) is 0. The number of hydrogen-bond donors (Lipinski definition) is 0. The summed E-state index contributed by atoms with van der Waals surface area (Å²) in [4.78, 5) is 12.5. The van der Waals surface area contributed by atoms with Gasteiger partial charge in [-0.25, -0.2) is 4.79 Å². The van der Waals surface area contributed by atoms with E-state index in [9.17, 15) is 4.79 Å². The van der Waals surface area contributed by atoms with Gasteiger partial charge < -0.3 is 14.2 Å². The lowest BCUT2D eigenvalue weighted by molar-refractivity contribution is -0.139. The van der Waals surface area contributed by atoms with E-state index in [1.807, 2.05) is 65.1 Å². The SMILES string of the molecule is CCOC(CCCc1cn(C(=O)OC(C)(C)C)c2ccccc12)OCC. The average Bonchev–Trinajstić information content (AvgIpc) is 2.93. The summed E-state index contributed by atoms with van der Waals surface area (Å²) in [6.07, 6.45) is 3.99. The molecule has 144 valence electrons. The molecule has 0 fully saturated rings. The van der Waals surface area contributed by atoms with Gasteiger partial charge in [-0.15, -0.1) is 0 Å². The number of carbonyl (C=O) groups excluding carboxylic acids is 1. The van der Waals surface area contributed by atoms with Crippen molar-refractivity contribution in [3.05, 3.63) is 36.0 Å². The highest BCUT2D eigenvalue weighted by Gasteiger charge is 2.20. The first-order chi connectivity index (χ1) is 12.4. The van der Waals surface area contributed by atoms with Gasteiger partial charge in [0.1, 0.15) is 5.60 Å². The Kier molecular flexibility index (Phi) is 7.23. The van der Waals surface area contributed by atoms with Crippen molar-refractivity contribution in [3.63, 3.8) is 0 Å². The van der Waals surface area contributed by atoms with Gasteiger partial charge in [-0.2, -0.15) is 0 Å². The van der Waals surface area contributed by atoms with E-state index in [4.69, 9.17) is 14.2 Å². The van der Waals surface area contributed by atoms with Gasteiger partial charge in [-0.05, 0) is 65.5 Å². The summed E-state index contributed by atoms with van der Waals surface area (Å²) in [5.41, 5.74) is 1.49. The van der Waals surface area contributed by atoms with Gasteiger partial charge in [0.2, 0.25) is 0 Å². The highest BCUT2D eigenvalue weighted by atomic mass is 16.7. The fraction of sp³-hybridized carbons (Fsp3) is 0.571. The molecule has 0 N–H and O–H groups in total. The Morgan fingerprint density at radius 3 is 2.38 bits per heavy atom. The first-order valence-electron chi connectivity index (χ1n) is 9.41. The molecule has 0 aliphatic carbocycles. The molecule has 0 atom stereocenters. The van der Waals surface area contributed by atoms with Crippen molar-refractivity contribution in [3.8, 4) is 0 Å². The Bertz CT molecular complexity index is 708. The molecule has 0 bridgehead atoms. The smallest absolute Gasteiger partial charge is 0.419 e. The van der Waals surface area contributed by atoms with Gasteiger partial charge in [0, 0.05) is 24.8 Å². The largest absolute Gasteiger partial charge is 0.443 e. The van der Waals surface area contributed by atoms with E-state index in [2.05, 4.69) is 0 Å². The number of hydrogen-bond acceptors (Lipinski definition) is 4. The minimum absolute atomic E-state index is 0.163. The molecule has 26 heavy (non-hydrogen) atoms. The second-order valence-corrected chi connectivity index (χ2v) is 7.25. The molecule has 0 saturated heterocycles. The number of carbonyl (C=O) groups is 1. The topological polar surface area (TPSA) is 49.7 Å². The van der Waals surface area contributed by atoms with E-state index in [1.165, 1.54) is 0 Å². The normalized spacial score (nSPS) is 12.1. The van der Waals surface area contributed by atoms with Crippen LogP contribution in [0.5, 0.6) is 0 Å². The maximum Gasteiger partial charge on any atom is 0.419 e. The molecule has 2 rings (SSSR count). The summed E-state index contributed by atoms with van der Waals surface area (Å²) in [5, 5.41) is 1.09. The van der Waals surface area contributed by atoms with E-state index >= 15 is 0 Å². The number of rotatable bonds is 8. The first kappa shape index (κ1) is 20.5. The van der Waals surface area contributed by atoms with Crippen molar-refractivity contribution in [1.29, 1.82) is 0 Å². The maximum absolute atomic E-state index is 12.5. The van der Waals surface area contributed by atoms with Crippen LogP contribution in [-0.4, -0.2) is 35.8 Å². The summed E-state index contributed by atoms with van der Waals surface area (Å²) in [7, 11) is 0. The molecule has 1 aromatic heterocycles. The summed E-state index contributed by atoms with van der Waals surface area (Å²) in [6.45, 7) is 10.9. The summed E-state index contributed by atoms with van der Waals surface area (Å²) in [6, 6.07) is 7.93. The van der Waals surface area contributed by atoms with E-state index in [0.29, 0.717) is 13.2 Å². The van der Waals surface area contributed by atoms with Crippen LogP contribution in [0, 0.1) is 0 Å². The molecule has 1 aromatic carbocycles. The Labute approximate surface area is 156 Å². The van der Waals surface area contributed by atoms with Crippen molar-refractivity contribution in [2.45, 2.75) is 65.8 Å². The summed E-state index contributed by atoms with van der Waals surface area (Å²) < 4.78 is 18.4. The quantitative estimate of drug-likeness (QED) is 0.610. The third-order valence-corrected chi connectivity index (χ3v) is 3.98. The summed E-state index contributed by atoms with van der Waals surface area (Å²) >= 11 is 0. The highest BCUT2D eigenvalue weighted by Crippen LogP contribution is 2.24. The molecule has 0 amide bonds. The van der Waals surface area contributed by atoms with Crippen LogP contribution in [0.2, 0.25) is 0 Å². The molecule has 0 aliphatic rings. The lowest BCUT2D eigenvalue weighted by Gasteiger charge is -2.19.